The van der Waals surface area contributed by atoms with Crippen LogP contribution in [0.4, 0.5) is 10.1 Å². The molecule has 0 spiro atoms. The average molecular weight is 460 g/mol. The van der Waals surface area contributed by atoms with Gasteiger partial charge in [0.1, 0.15) is 11.6 Å². The van der Waals surface area contributed by atoms with Gasteiger partial charge in [-0.3, -0.25) is 9.69 Å². The molecule has 2 aliphatic heterocycles. The summed E-state index contributed by atoms with van der Waals surface area (Å²) >= 11 is 0. The molecule has 3 aromatic rings. The van der Waals surface area contributed by atoms with E-state index in [0.29, 0.717) is 13.0 Å². The molecule has 176 valence electrons. The monoisotopic (exact) mass is 459 g/mol. The molecule has 0 aliphatic carbocycles. The summed E-state index contributed by atoms with van der Waals surface area (Å²) in [6, 6.07) is 22.9. The third kappa shape index (κ3) is 4.77. The fourth-order valence-electron chi connectivity index (χ4n) is 5.17. The predicted molar refractivity (Wildman–Crippen MR) is 131 cm³/mol. The first kappa shape index (κ1) is 22.4. The second kappa shape index (κ2) is 9.85. The van der Waals surface area contributed by atoms with Gasteiger partial charge in [-0.25, -0.2) is 4.39 Å². The smallest absolute Gasteiger partial charge is 0.225 e. The van der Waals surface area contributed by atoms with Gasteiger partial charge < -0.3 is 15.0 Å². The number of carbonyl (C=O) groups is 1. The molecule has 2 heterocycles. The largest absolute Gasteiger partial charge is 0.497 e. The number of nitrogens with zero attached hydrogens (tertiary/aromatic N) is 2. The highest BCUT2D eigenvalue weighted by molar-refractivity contribution is 5.82. The molecule has 34 heavy (non-hydrogen) atoms. The number of nitrogens with one attached hydrogen (secondary N) is 1. The number of fused-ring (bicyclic) bond motifs is 3. The van der Waals surface area contributed by atoms with Gasteiger partial charge in [0.2, 0.25) is 5.91 Å². The number of ether oxygens (including phenoxy) is 1. The van der Waals surface area contributed by atoms with Gasteiger partial charge in [0, 0.05) is 44.5 Å². The molecule has 2 atom stereocenters. The van der Waals surface area contributed by atoms with Crippen molar-refractivity contribution < 1.29 is 13.9 Å². The van der Waals surface area contributed by atoms with Crippen LogP contribution in [-0.2, 0) is 24.3 Å². The van der Waals surface area contributed by atoms with Crippen LogP contribution in [0.5, 0.6) is 5.75 Å². The molecule has 5 rings (SSSR count). The third-order valence-electron chi connectivity index (χ3n) is 6.97. The SMILES string of the molecule is COc1ccc2c(c1)N1CCN(Cc3ccc(F)cc3)C[C@@H]1[C@H](C(=O)NCc1ccccc1)C2. The van der Waals surface area contributed by atoms with Gasteiger partial charge in [0.25, 0.3) is 0 Å². The zero-order valence-electron chi connectivity index (χ0n) is 19.4. The summed E-state index contributed by atoms with van der Waals surface area (Å²) in [6.07, 6.45) is 0.700. The van der Waals surface area contributed by atoms with Crippen LogP contribution in [0, 0.1) is 11.7 Å². The van der Waals surface area contributed by atoms with Crippen molar-refractivity contribution in [1.29, 1.82) is 0 Å². The van der Waals surface area contributed by atoms with Gasteiger partial charge in [0.05, 0.1) is 19.1 Å². The van der Waals surface area contributed by atoms with Crippen molar-refractivity contribution in [1.82, 2.24) is 10.2 Å². The number of piperazine rings is 1. The Morgan fingerprint density at radius 2 is 1.82 bits per heavy atom. The first-order valence-electron chi connectivity index (χ1n) is 11.8. The highest BCUT2D eigenvalue weighted by atomic mass is 19.1. The molecule has 2 aliphatic rings. The second-order valence-corrected chi connectivity index (χ2v) is 9.13. The van der Waals surface area contributed by atoms with Crippen molar-refractivity contribution in [3.63, 3.8) is 0 Å². The summed E-state index contributed by atoms with van der Waals surface area (Å²) < 4.78 is 18.8. The molecule has 0 bridgehead atoms. The number of anilines is 1. The van der Waals surface area contributed by atoms with Crippen molar-refractivity contribution in [3.05, 3.63) is 95.3 Å². The van der Waals surface area contributed by atoms with E-state index in [1.807, 2.05) is 48.5 Å². The molecule has 5 nitrogen and oxygen atoms in total. The quantitative estimate of drug-likeness (QED) is 0.605. The summed E-state index contributed by atoms with van der Waals surface area (Å²) in [5, 5.41) is 3.18. The number of hydrogen-bond acceptors (Lipinski definition) is 4. The summed E-state index contributed by atoms with van der Waals surface area (Å²) in [5.74, 6) is 0.546. The van der Waals surface area contributed by atoms with E-state index < -0.39 is 0 Å². The molecular weight excluding hydrogens is 429 g/mol. The van der Waals surface area contributed by atoms with E-state index in [0.717, 1.165) is 48.7 Å². The van der Waals surface area contributed by atoms with Crippen LogP contribution in [0.3, 0.4) is 0 Å². The van der Waals surface area contributed by atoms with E-state index in [-0.39, 0.29) is 23.7 Å². The van der Waals surface area contributed by atoms with E-state index in [1.165, 1.54) is 17.7 Å². The summed E-state index contributed by atoms with van der Waals surface area (Å²) in [4.78, 5) is 18.2. The molecule has 0 saturated carbocycles. The molecular formula is C28H30FN3O2. The van der Waals surface area contributed by atoms with Crippen molar-refractivity contribution >= 4 is 11.6 Å². The number of benzene rings is 3. The molecule has 1 fully saturated rings. The van der Waals surface area contributed by atoms with Crippen LogP contribution in [0.1, 0.15) is 16.7 Å². The van der Waals surface area contributed by atoms with Gasteiger partial charge >= 0.3 is 0 Å². The van der Waals surface area contributed by atoms with Crippen LogP contribution >= 0.6 is 0 Å². The van der Waals surface area contributed by atoms with Crippen molar-refractivity contribution in [2.75, 3.05) is 31.6 Å². The molecule has 1 N–H and O–H groups in total. The Bertz CT molecular complexity index is 1140. The van der Waals surface area contributed by atoms with E-state index in [9.17, 15) is 9.18 Å². The van der Waals surface area contributed by atoms with E-state index in [2.05, 4.69) is 27.2 Å². The Kier molecular flexibility index (Phi) is 6.50. The normalized spacial score (nSPS) is 19.8. The Labute approximate surface area is 200 Å². The number of carbonyl (C=O) groups excluding carboxylic acids is 1. The number of halogens is 1. The Morgan fingerprint density at radius 3 is 2.59 bits per heavy atom. The minimum atomic E-state index is -0.221. The number of methoxy groups -OCH3 is 1. The number of hydrogen-bond donors (Lipinski definition) is 1. The highest BCUT2D eigenvalue weighted by Gasteiger charge is 2.41. The van der Waals surface area contributed by atoms with Crippen LogP contribution < -0.4 is 15.0 Å². The van der Waals surface area contributed by atoms with Gasteiger partial charge in [-0.15, -0.1) is 0 Å². The lowest BCUT2D eigenvalue weighted by Crippen LogP contribution is -2.60. The number of rotatable bonds is 6. The Balaban J connectivity index is 1.37. The van der Waals surface area contributed by atoms with Crippen molar-refractivity contribution in [3.8, 4) is 5.75 Å². The number of amides is 1. The third-order valence-corrected chi connectivity index (χ3v) is 6.97. The summed E-state index contributed by atoms with van der Waals surface area (Å²) in [6.45, 7) is 3.75. The molecule has 6 heteroatoms. The lowest BCUT2D eigenvalue weighted by atomic mass is 9.83. The van der Waals surface area contributed by atoms with Crippen LogP contribution in [0.2, 0.25) is 0 Å². The Hall–Kier alpha value is -3.38. The molecule has 1 saturated heterocycles. The van der Waals surface area contributed by atoms with E-state index in [4.69, 9.17) is 4.74 Å². The maximum absolute atomic E-state index is 13.4. The van der Waals surface area contributed by atoms with Gasteiger partial charge in [-0.05, 0) is 41.3 Å². The van der Waals surface area contributed by atoms with Crippen molar-refractivity contribution in [2.24, 2.45) is 5.92 Å². The minimum absolute atomic E-state index is 0.0598. The fourth-order valence-corrected chi connectivity index (χ4v) is 5.17. The van der Waals surface area contributed by atoms with Crippen LogP contribution in [0.15, 0.2) is 72.8 Å². The van der Waals surface area contributed by atoms with E-state index >= 15 is 0 Å². The topological polar surface area (TPSA) is 44.8 Å². The minimum Gasteiger partial charge on any atom is -0.497 e. The van der Waals surface area contributed by atoms with Gasteiger partial charge in [-0.2, -0.15) is 0 Å². The zero-order chi connectivity index (χ0) is 23.5. The Morgan fingerprint density at radius 1 is 1.03 bits per heavy atom. The van der Waals surface area contributed by atoms with Gasteiger partial charge in [-0.1, -0.05) is 48.5 Å². The zero-order valence-corrected chi connectivity index (χ0v) is 19.4. The van der Waals surface area contributed by atoms with Crippen molar-refractivity contribution in [2.45, 2.75) is 25.6 Å². The lowest BCUT2D eigenvalue weighted by Gasteiger charge is -2.49. The molecule has 0 radical (unpaired) electrons. The maximum atomic E-state index is 13.4. The lowest BCUT2D eigenvalue weighted by molar-refractivity contribution is -0.126. The summed E-state index contributed by atoms with van der Waals surface area (Å²) in [5.41, 5.74) is 4.52. The second-order valence-electron chi connectivity index (χ2n) is 9.13. The first-order valence-corrected chi connectivity index (χ1v) is 11.8. The van der Waals surface area contributed by atoms with Crippen LogP contribution in [-0.4, -0.2) is 43.6 Å². The van der Waals surface area contributed by atoms with E-state index in [1.54, 1.807) is 7.11 Å². The molecule has 3 aromatic carbocycles. The maximum Gasteiger partial charge on any atom is 0.225 e. The predicted octanol–water partition coefficient (Wildman–Crippen LogP) is 4.01. The first-order chi connectivity index (χ1) is 16.6. The summed E-state index contributed by atoms with van der Waals surface area (Å²) in [7, 11) is 1.68. The fraction of sp³-hybridized carbons (Fsp3) is 0.321. The molecule has 0 unspecified atom stereocenters. The standard InChI is InChI=1S/C28H30FN3O2/c1-34-24-12-9-22-15-25(28(33)30-17-20-5-3-2-4-6-20)27-19-31(13-14-32(27)26(22)16-24)18-21-7-10-23(29)11-8-21/h2-12,16,25,27H,13-15,17-19H2,1H3,(H,30,33)/t25-,27-/m1/s1. The highest BCUT2D eigenvalue weighted by Crippen LogP contribution is 2.38. The van der Waals surface area contributed by atoms with Gasteiger partial charge in [0.15, 0.2) is 0 Å². The van der Waals surface area contributed by atoms with Crippen LogP contribution in [0.25, 0.3) is 0 Å². The molecule has 0 aromatic heterocycles. The molecule has 1 amide bonds. The average Bonchev–Trinajstić information content (AvgIpc) is 2.88.